The molecule has 0 amide bonds. The fraction of sp³-hybridized carbons (Fsp3) is 0.235. The van der Waals surface area contributed by atoms with Gasteiger partial charge >= 0.3 is 0 Å². The number of nitrogens with zero attached hydrogens (tertiary/aromatic N) is 4. The van der Waals surface area contributed by atoms with Crippen LogP contribution in [0.25, 0.3) is 21.7 Å². The molecule has 0 spiro atoms. The number of methoxy groups -OCH3 is 1. The molecule has 122 valence electrons. The van der Waals surface area contributed by atoms with E-state index in [1.165, 1.54) is 0 Å². The van der Waals surface area contributed by atoms with Gasteiger partial charge in [0.2, 0.25) is 0 Å². The van der Waals surface area contributed by atoms with Crippen molar-refractivity contribution < 1.29 is 4.74 Å². The molecule has 0 aliphatic rings. The summed E-state index contributed by atoms with van der Waals surface area (Å²) in [6.07, 6.45) is 0. The summed E-state index contributed by atoms with van der Waals surface area (Å²) in [5.41, 5.74) is 10.6. The molecule has 0 atom stereocenters. The molecule has 24 heavy (non-hydrogen) atoms. The number of hydrogen-bond acceptors (Lipinski definition) is 4. The first-order chi connectivity index (χ1) is 11.4. The highest BCUT2D eigenvalue weighted by Gasteiger charge is 2.23. The number of ether oxygens (including phenoxy) is 1. The Balaban J connectivity index is 2.51. The fourth-order valence-corrected chi connectivity index (χ4v) is 3.03. The molecule has 7 heteroatoms. The summed E-state index contributed by atoms with van der Waals surface area (Å²) in [5, 5.41) is 0.414. The number of aromatic nitrogens is 3. The normalized spacial score (nSPS) is 10.8. The Bertz CT molecular complexity index is 1020. The first kappa shape index (κ1) is 16.1. The predicted octanol–water partition coefficient (Wildman–Crippen LogP) is 4.14. The maximum absolute atomic E-state index is 7.46. The van der Waals surface area contributed by atoms with Gasteiger partial charge in [-0.05, 0) is 32.4 Å². The van der Waals surface area contributed by atoms with Crippen LogP contribution in [0.15, 0.2) is 12.1 Å². The van der Waals surface area contributed by atoms with E-state index in [0.717, 1.165) is 17.0 Å². The molecule has 1 aromatic carbocycles. The monoisotopic (exact) mass is 341 g/mol. The van der Waals surface area contributed by atoms with Crippen LogP contribution in [0.4, 0.5) is 11.5 Å². The molecular formula is C17H16ClN5O. The highest BCUT2D eigenvalue weighted by Crippen LogP contribution is 2.41. The van der Waals surface area contributed by atoms with Gasteiger partial charge in [-0.2, -0.15) is 0 Å². The van der Waals surface area contributed by atoms with E-state index < -0.39 is 0 Å². The van der Waals surface area contributed by atoms with E-state index in [0.29, 0.717) is 27.6 Å². The summed E-state index contributed by atoms with van der Waals surface area (Å²) in [4.78, 5) is 12.6. The highest BCUT2D eigenvalue weighted by atomic mass is 35.5. The van der Waals surface area contributed by atoms with Crippen LogP contribution in [-0.2, 0) is 0 Å². The lowest BCUT2D eigenvalue weighted by Crippen LogP contribution is -2.05. The van der Waals surface area contributed by atoms with Crippen molar-refractivity contribution in [3.63, 3.8) is 0 Å². The molecule has 0 bridgehead atoms. The summed E-state index contributed by atoms with van der Waals surface area (Å²) in [6, 6.07) is 3.68. The van der Waals surface area contributed by atoms with Gasteiger partial charge in [-0.1, -0.05) is 17.7 Å². The Kier molecular flexibility index (Phi) is 3.82. The maximum Gasteiger partial charge on any atom is 0.255 e. The van der Waals surface area contributed by atoms with Gasteiger partial charge in [-0.3, -0.25) is 9.55 Å². The van der Waals surface area contributed by atoms with Crippen molar-refractivity contribution in [2.45, 2.75) is 20.8 Å². The molecular weight excluding hydrogens is 326 g/mol. The molecule has 0 saturated heterocycles. The number of benzene rings is 1. The molecule has 3 rings (SSSR count). The zero-order valence-corrected chi connectivity index (χ0v) is 14.6. The molecule has 0 fully saturated rings. The average molecular weight is 342 g/mol. The Hall–Kier alpha value is -2.78. The van der Waals surface area contributed by atoms with Gasteiger partial charge in [0.15, 0.2) is 5.65 Å². The lowest BCUT2D eigenvalue weighted by Gasteiger charge is -2.15. The summed E-state index contributed by atoms with van der Waals surface area (Å²) < 4.78 is 6.99. The molecule has 0 saturated carbocycles. The van der Waals surface area contributed by atoms with Crippen LogP contribution < -0.4 is 10.5 Å². The van der Waals surface area contributed by atoms with E-state index in [4.69, 9.17) is 28.6 Å². The number of nitrogen functional groups attached to an aromatic ring is 1. The summed E-state index contributed by atoms with van der Waals surface area (Å²) in [5.74, 6) is 0.794. The number of halogens is 1. The van der Waals surface area contributed by atoms with Crippen molar-refractivity contribution in [1.82, 2.24) is 14.5 Å². The summed E-state index contributed by atoms with van der Waals surface area (Å²) in [6.45, 7) is 13.1. The SMILES string of the molecule is [C-]#[N+]c1c(N)n(-c2c(C)ccc(OC)c2Cl)c2nc(C)c(C)nc12. The van der Waals surface area contributed by atoms with E-state index in [1.54, 1.807) is 17.7 Å². The molecule has 2 N–H and O–H groups in total. The standard InChI is InChI=1S/C17H16ClN5O/c1-8-6-7-11(24-5)12(18)15(8)23-16(19)13(20-4)14-17(23)22-10(3)9(2)21-14/h6-7H,19H2,1-3,5H3. The largest absolute Gasteiger partial charge is 0.495 e. The van der Waals surface area contributed by atoms with E-state index >= 15 is 0 Å². The van der Waals surface area contributed by atoms with Crippen LogP contribution in [0.1, 0.15) is 17.0 Å². The number of fused-ring (bicyclic) bond motifs is 1. The number of aryl methyl sites for hydroxylation is 3. The second-order valence-electron chi connectivity index (χ2n) is 5.50. The van der Waals surface area contributed by atoms with Gasteiger partial charge in [-0.25, -0.2) is 9.83 Å². The van der Waals surface area contributed by atoms with Crippen LogP contribution in [0.2, 0.25) is 5.02 Å². The number of anilines is 1. The smallest absolute Gasteiger partial charge is 0.255 e. The molecule has 0 aliphatic carbocycles. The Morgan fingerprint density at radius 1 is 1.21 bits per heavy atom. The first-order valence-corrected chi connectivity index (χ1v) is 7.64. The molecule has 3 aromatic rings. The fourth-order valence-electron chi connectivity index (χ4n) is 2.66. The Labute approximate surface area is 144 Å². The third-order valence-corrected chi connectivity index (χ3v) is 4.41. The topological polar surface area (TPSA) is 70.3 Å². The van der Waals surface area contributed by atoms with Gasteiger partial charge in [0.25, 0.3) is 5.69 Å². The Morgan fingerprint density at radius 3 is 2.50 bits per heavy atom. The predicted molar refractivity (Wildman–Crippen MR) is 95.3 cm³/mol. The molecule has 2 aromatic heterocycles. The quantitative estimate of drug-likeness (QED) is 0.711. The first-order valence-electron chi connectivity index (χ1n) is 7.26. The van der Waals surface area contributed by atoms with Gasteiger partial charge < -0.3 is 10.5 Å². The van der Waals surface area contributed by atoms with Gasteiger partial charge in [0, 0.05) is 0 Å². The minimum Gasteiger partial charge on any atom is -0.495 e. The number of rotatable bonds is 2. The van der Waals surface area contributed by atoms with E-state index in [2.05, 4.69) is 14.8 Å². The average Bonchev–Trinajstić information content (AvgIpc) is 2.80. The van der Waals surface area contributed by atoms with Crippen molar-refractivity contribution in [1.29, 1.82) is 0 Å². The van der Waals surface area contributed by atoms with Crippen molar-refractivity contribution in [3.8, 4) is 11.4 Å². The lowest BCUT2D eigenvalue weighted by atomic mass is 10.2. The van der Waals surface area contributed by atoms with Crippen LogP contribution in [0.3, 0.4) is 0 Å². The number of nitrogens with two attached hydrogens (primary N) is 1. The molecule has 2 heterocycles. The van der Waals surface area contributed by atoms with Crippen LogP contribution in [-0.4, -0.2) is 21.6 Å². The van der Waals surface area contributed by atoms with Gasteiger partial charge in [-0.15, -0.1) is 0 Å². The minimum atomic E-state index is 0.267. The third kappa shape index (κ3) is 2.17. The van der Waals surface area contributed by atoms with E-state index in [-0.39, 0.29) is 11.5 Å². The van der Waals surface area contributed by atoms with Crippen molar-refractivity contribution >= 4 is 34.3 Å². The van der Waals surface area contributed by atoms with Crippen LogP contribution in [0.5, 0.6) is 5.75 Å². The van der Waals surface area contributed by atoms with Gasteiger partial charge in [0.1, 0.15) is 22.1 Å². The lowest BCUT2D eigenvalue weighted by molar-refractivity contribution is 0.415. The van der Waals surface area contributed by atoms with Crippen LogP contribution >= 0.6 is 11.6 Å². The Morgan fingerprint density at radius 2 is 1.88 bits per heavy atom. The van der Waals surface area contributed by atoms with Crippen molar-refractivity contribution in [2.75, 3.05) is 12.8 Å². The zero-order valence-electron chi connectivity index (χ0n) is 13.8. The molecule has 6 nitrogen and oxygen atoms in total. The van der Waals surface area contributed by atoms with E-state index in [9.17, 15) is 0 Å². The second-order valence-corrected chi connectivity index (χ2v) is 5.87. The summed E-state index contributed by atoms with van der Waals surface area (Å²) in [7, 11) is 1.55. The molecule has 0 radical (unpaired) electrons. The van der Waals surface area contributed by atoms with Crippen LogP contribution in [0, 0.1) is 27.3 Å². The van der Waals surface area contributed by atoms with E-state index in [1.807, 2.05) is 26.8 Å². The molecule has 0 unspecified atom stereocenters. The maximum atomic E-state index is 7.46. The minimum absolute atomic E-state index is 0.267. The van der Waals surface area contributed by atoms with Crippen molar-refractivity contribution in [3.05, 3.63) is 45.5 Å². The molecule has 0 aliphatic heterocycles. The number of hydrogen-bond donors (Lipinski definition) is 1. The zero-order chi connectivity index (χ0) is 17.6. The highest BCUT2D eigenvalue weighted by molar-refractivity contribution is 6.34. The van der Waals surface area contributed by atoms with Crippen molar-refractivity contribution in [2.24, 2.45) is 0 Å². The summed E-state index contributed by atoms with van der Waals surface area (Å²) >= 11 is 6.52. The third-order valence-electron chi connectivity index (χ3n) is 4.05. The second kappa shape index (κ2) is 5.69. The van der Waals surface area contributed by atoms with Gasteiger partial charge in [0.05, 0.1) is 30.8 Å².